The third-order valence-electron chi connectivity index (χ3n) is 3.11. The maximum Gasteiger partial charge on any atom is 0.132 e. The molecular weight excluding hydrogens is 241 g/mol. The Labute approximate surface area is 112 Å². The van der Waals surface area contributed by atoms with Crippen molar-refractivity contribution in [2.45, 2.75) is 26.7 Å². The lowest BCUT2D eigenvalue weighted by molar-refractivity contribution is 0.618. The van der Waals surface area contributed by atoms with Crippen molar-refractivity contribution < 1.29 is 4.39 Å². The van der Waals surface area contributed by atoms with Gasteiger partial charge in [0.2, 0.25) is 0 Å². The Morgan fingerprint density at radius 1 is 1.26 bits per heavy atom. The Hall–Kier alpha value is -1.97. The number of halogens is 1. The number of nitrogens with one attached hydrogen (secondary N) is 1. The number of aryl methyl sites for hydroxylation is 1. The zero-order chi connectivity index (χ0) is 13.8. The van der Waals surface area contributed by atoms with E-state index in [4.69, 9.17) is 0 Å². The number of anilines is 1. The number of benzene rings is 1. The summed E-state index contributed by atoms with van der Waals surface area (Å²) in [6.07, 6.45) is 3.44. The lowest BCUT2D eigenvalue weighted by Gasteiger charge is -2.12. The van der Waals surface area contributed by atoms with Crippen LogP contribution in [0.4, 0.5) is 10.2 Å². The monoisotopic (exact) mass is 259 g/mol. The molecule has 0 aliphatic rings. The quantitative estimate of drug-likeness (QED) is 0.911. The molecule has 0 unspecified atom stereocenters. The van der Waals surface area contributed by atoms with Gasteiger partial charge in [0.1, 0.15) is 18.0 Å². The van der Waals surface area contributed by atoms with Crippen molar-refractivity contribution in [2.75, 3.05) is 12.4 Å². The first-order chi connectivity index (χ1) is 9.17. The highest BCUT2D eigenvalue weighted by Crippen LogP contribution is 2.27. The van der Waals surface area contributed by atoms with Gasteiger partial charge in [0, 0.05) is 18.2 Å². The molecule has 0 amide bonds. The molecule has 0 aliphatic heterocycles. The van der Waals surface area contributed by atoms with Crippen LogP contribution >= 0.6 is 0 Å². The Morgan fingerprint density at radius 3 is 2.68 bits per heavy atom. The number of aromatic nitrogens is 2. The number of hydrogen-bond donors (Lipinski definition) is 1. The molecule has 2 rings (SSSR count). The summed E-state index contributed by atoms with van der Waals surface area (Å²) < 4.78 is 13.4. The molecule has 0 saturated carbocycles. The van der Waals surface area contributed by atoms with Crippen molar-refractivity contribution in [1.82, 2.24) is 9.97 Å². The van der Waals surface area contributed by atoms with Crippen molar-refractivity contribution in [1.29, 1.82) is 0 Å². The lowest BCUT2D eigenvalue weighted by atomic mass is 10.0. The van der Waals surface area contributed by atoms with Crippen LogP contribution in [0.3, 0.4) is 0 Å². The minimum Gasteiger partial charge on any atom is -0.373 e. The van der Waals surface area contributed by atoms with Crippen molar-refractivity contribution >= 4 is 5.82 Å². The minimum atomic E-state index is -0.191. The predicted molar refractivity (Wildman–Crippen MR) is 75.7 cm³/mol. The van der Waals surface area contributed by atoms with E-state index >= 15 is 0 Å². The van der Waals surface area contributed by atoms with E-state index in [0.29, 0.717) is 5.56 Å². The molecule has 1 N–H and O–H groups in total. The molecule has 0 atom stereocenters. The summed E-state index contributed by atoms with van der Waals surface area (Å²) in [5.74, 6) is 0.650. The molecular formula is C15H18FN3. The van der Waals surface area contributed by atoms with Gasteiger partial charge >= 0.3 is 0 Å². The Morgan fingerprint density at radius 2 is 2.05 bits per heavy atom. The Kier molecular flexibility index (Phi) is 4.10. The van der Waals surface area contributed by atoms with Gasteiger partial charge in [0.05, 0.1) is 5.69 Å². The van der Waals surface area contributed by atoms with E-state index < -0.39 is 0 Å². The van der Waals surface area contributed by atoms with Gasteiger partial charge in [-0.15, -0.1) is 0 Å². The van der Waals surface area contributed by atoms with Crippen molar-refractivity contribution in [3.05, 3.63) is 41.5 Å². The third kappa shape index (κ3) is 2.72. The predicted octanol–water partition coefficient (Wildman–Crippen LogP) is 3.59. The average Bonchev–Trinajstić information content (AvgIpc) is 2.42. The molecule has 3 nitrogen and oxygen atoms in total. The molecule has 0 aliphatic carbocycles. The van der Waals surface area contributed by atoms with Crippen LogP contribution in [0.2, 0.25) is 0 Å². The van der Waals surface area contributed by atoms with Gasteiger partial charge in [0.15, 0.2) is 0 Å². The highest BCUT2D eigenvalue weighted by atomic mass is 19.1. The normalized spacial score (nSPS) is 10.5. The SMILES string of the molecule is CCCc1c(NC)ncnc1-c1ccc(F)c(C)c1. The van der Waals surface area contributed by atoms with Crippen LogP contribution in [0.5, 0.6) is 0 Å². The van der Waals surface area contributed by atoms with Crippen LogP contribution in [0.15, 0.2) is 24.5 Å². The van der Waals surface area contributed by atoms with E-state index in [1.807, 2.05) is 13.1 Å². The Bertz CT molecular complexity index is 582. The van der Waals surface area contributed by atoms with Gasteiger partial charge in [-0.1, -0.05) is 13.3 Å². The third-order valence-corrected chi connectivity index (χ3v) is 3.11. The first-order valence-electron chi connectivity index (χ1n) is 6.45. The van der Waals surface area contributed by atoms with Gasteiger partial charge in [-0.2, -0.15) is 0 Å². The zero-order valence-corrected chi connectivity index (χ0v) is 11.5. The molecule has 2 aromatic rings. The summed E-state index contributed by atoms with van der Waals surface area (Å²) in [5, 5.41) is 3.09. The number of nitrogens with zero attached hydrogens (tertiary/aromatic N) is 2. The first-order valence-corrected chi connectivity index (χ1v) is 6.45. The standard InChI is InChI=1S/C15H18FN3/c1-4-5-12-14(18-9-19-15(12)17-3)11-6-7-13(16)10(2)8-11/h6-9H,4-5H2,1-3H3,(H,17,18,19). The van der Waals surface area contributed by atoms with Crippen molar-refractivity contribution in [2.24, 2.45) is 0 Å². The fraction of sp³-hybridized carbons (Fsp3) is 0.333. The van der Waals surface area contributed by atoms with Crippen LogP contribution in [0.25, 0.3) is 11.3 Å². The van der Waals surface area contributed by atoms with Crippen LogP contribution in [-0.4, -0.2) is 17.0 Å². The summed E-state index contributed by atoms with van der Waals surface area (Å²) in [5.41, 5.74) is 3.52. The van der Waals surface area contributed by atoms with Gasteiger partial charge in [-0.3, -0.25) is 0 Å². The van der Waals surface area contributed by atoms with Gasteiger partial charge in [0.25, 0.3) is 0 Å². The molecule has 100 valence electrons. The van der Waals surface area contributed by atoms with E-state index in [-0.39, 0.29) is 5.82 Å². The number of rotatable bonds is 4. The Balaban J connectivity index is 2.57. The maximum absolute atomic E-state index is 13.4. The molecule has 1 aromatic heterocycles. The molecule has 1 aromatic carbocycles. The maximum atomic E-state index is 13.4. The van der Waals surface area contributed by atoms with Gasteiger partial charge in [-0.05, 0) is 37.1 Å². The fourth-order valence-corrected chi connectivity index (χ4v) is 2.16. The summed E-state index contributed by atoms with van der Waals surface area (Å²) in [4.78, 5) is 8.62. The molecule has 19 heavy (non-hydrogen) atoms. The molecule has 0 spiro atoms. The minimum absolute atomic E-state index is 0.191. The summed E-state index contributed by atoms with van der Waals surface area (Å²) >= 11 is 0. The topological polar surface area (TPSA) is 37.8 Å². The summed E-state index contributed by atoms with van der Waals surface area (Å²) in [6, 6.07) is 5.08. The molecule has 4 heteroatoms. The summed E-state index contributed by atoms with van der Waals surface area (Å²) in [7, 11) is 1.85. The van der Waals surface area contributed by atoms with E-state index in [2.05, 4.69) is 22.2 Å². The van der Waals surface area contributed by atoms with Crippen LogP contribution in [-0.2, 0) is 6.42 Å². The highest BCUT2D eigenvalue weighted by Gasteiger charge is 2.12. The second-order valence-corrected chi connectivity index (χ2v) is 4.51. The lowest BCUT2D eigenvalue weighted by Crippen LogP contribution is -2.03. The van der Waals surface area contributed by atoms with Crippen LogP contribution in [0.1, 0.15) is 24.5 Å². The highest BCUT2D eigenvalue weighted by molar-refractivity contribution is 5.68. The van der Waals surface area contributed by atoms with Gasteiger partial charge in [-0.25, -0.2) is 14.4 Å². The van der Waals surface area contributed by atoms with Crippen molar-refractivity contribution in [3.8, 4) is 11.3 Å². The molecule has 0 bridgehead atoms. The molecule has 0 radical (unpaired) electrons. The number of hydrogen-bond acceptors (Lipinski definition) is 3. The van der Waals surface area contributed by atoms with Crippen LogP contribution < -0.4 is 5.32 Å². The van der Waals surface area contributed by atoms with Crippen LogP contribution in [0, 0.1) is 12.7 Å². The van der Waals surface area contributed by atoms with E-state index in [9.17, 15) is 4.39 Å². The molecule has 0 saturated heterocycles. The summed E-state index contributed by atoms with van der Waals surface area (Å²) in [6.45, 7) is 3.88. The van der Waals surface area contributed by atoms with E-state index in [1.165, 1.54) is 6.07 Å². The first kappa shape index (κ1) is 13.5. The second kappa shape index (κ2) is 5.78. The largest absolute Gasteiger partial charge is 0.373 e. The van der Waals surface area contributed by atoms with Gasteiger partial charge < -0.3 is 5.32 Å². The molecule has 1 heterocycles. The average molecular weight is 259 g/mol. The second-order valence-electron chi connectivity index (χ2n) is 4.51. The fourth-order valence-electron chi connectivity index (χ4n) is 2.16. The van der Waals surface area contributed by atoms with E-state index in [1.54, 1.807) is 19.3 Å². The zero-order valence-electron chi connectivity index (χ0n) is 11.5. The van der Waals surface area contributed by atoms with E-state index in [0.717, 1.165) is 35.5 Å². The molecule has 0 fully saturated rings. The smallest absolute Gasteiger partial charge is 0.132 e. The van der Waals surface area contributed by atoms with Crippen molar-refractivity contribution in [3.63, 3.8) is 0 Å².